The number of hydrogen-bond donors (Lipinski definition) is 0. The predicted molar refractivity (Wildman–Crippen MR) is 92.1 cm³/mol. The molecule has 0 amide bonds. The second-order valence-electron chi connectivity index (χ2n) is 5.13. The largest absolute Gasteiger partial charge is 0.489 e. The number of hydrogen-bond acceptors (Lipinski definition) is 2. The average molecular weight is 323 g/mol. The van der Waals surface area contributed by atoms with Crippen LogP contribution in [0.4, 0.5) is 0 Å². The van der Waals surface area contributed by atoms with Gasteiger partial charge >= 0.3 is 0 Å². The number of carbonyl (C=O) groups excluding carboxylic acids is 1. The Morgan fingerprint density at radius 1 is 0.783 bits per heavy atom. The maximum Gasteiger partial charge on any atom is 0.193 e. The summed E-state index contributed by atoms with van der Waals surface area (Å²) in [7, 11) is 0. The summed E-state index contributed by atoms with van der Waals surface area (Å²) in [6.45, 7) is 0.446. The van der Waals surface area contributed by atoms with Crippen molar-refractivity contribution in [3.05, 3.63) is 101 Å². The van der Waals surface area contributed by atoms with Crippen molar-refractivity contribution in [2.45, 2.75) is 6.61 Å². The third kappa shape index (κ3) is 3.99. The van der Waals surface area contributed by atoms with Gasteiger partial charge in [-0.05, 0) is 29.8 Å². The number of benzene rings is 3. The number of carbonyl (C=O) groups is 1. The van der Waals surface area contributed by atoms with E-state index in [0.29, 0.717) is 22.8 Å². The molecule has 3 rings (SSSR count). The minimum Gasteiger partial charge on any atom is -0.489 e. The van der Waals surface area contributed by atoms with Crippen molar-refractivity contribution in [3.63, 3.8) is 0 Å². The van der Waals surface area contributed by atoms with E-state index < -0.39 is 0 Å². The fourth-order valence-corrected chi connectivity index (χ4v) is 2.33. The molecule has 0 aliphatic carbocycles. The Balaban J connectivity index is 1.65. The lowest BCUT2D eigenvalue weighted by Crippen LogP contribution is -2.02. The number of halogens is 1. The number of ether oxygens (including phenoxy) is 1. The van der Waals surface area contributed by atoms with Gasteiger partial charge in [0.05, 0.1) is 0 Å². The van der Waals surface area contributed by atoms with Crippen molar-refractivity contribution >= 4 is 17.4 Å². The molecule has 0 aliphatic heterocycles. The van der Waals surface area contributed by atoms with Crippen molar-refractivity contribution < 1.29 is 9.53 Å². The highest BCUT2D eigenvalue weighted by Crippen LogP contribution is 2.17. The summed E-state index contributed by atoms with van der Waals surface area (Å²) in [5, 5.41) is 0.682. The van der Waals surface area contributed by atoms with Gasteiger partial charge in [0.25, 0.3) is 0 Å². The van der Waals surface area contributed by atoms with Gasteiger partial charge in [-0.3, -0.25) is 4.79 Å². The van der Waals surface area contributed by atoms with Crippen LogP contribution in [0.15, 0.2) is 78.9 Å². The second kappa shape index (κ2) is 7.12. The summed E-state index contributed by atoms with van der Waals surface area (Å²) in [5.74, 6) is 0.787. The predicted octanol–water partition coefficient (Wildman–Crippen LogP) is 5.15. The van der Waals surface area contributed by atoms with Gasteiger partial charge in [0.15, 0.2) is 5.78 Å². The molecule has 0 aromatic heterocycles. The van der Waals surface area contributed by atoms with Crippen LogP contribution >= 0.6 is 11.6 Å². The van der Waals surface area contributed by atoms with Crippen LogP contribution in [0.5, 0.6) is 5.75 Å². The van der Waals surface area contributed by atoms with Crippen molar-refractivity contribution in [1.29, 1.82) is 0 Å². The van der Waals surface area contributed by atoms with Crippen molar-refractivity contribution in [1.82, 2.24) is 0 Å². The maximum atomic E-state index is 12.3. The fourth-order valence-electron chi connectivity index (χ4n) is 2.21. The van der Waals surface area contributed by atoms with Crippen LogP contribution in [0, 0.1) is 0 Å². The van der Waals surface area contributed by atoms with E-state index in [0.717, 1.165) is 11.3 Å². The highest BCUT2D eigenvalue weighted by atomic mass is 35.5. The van der Waals surface area contributed by atoms with Crippen molar-refractivity contribution in [2.24, 2.45) is 0 Å². The maximum absolute atomic E-state index is 12.3. The molecule has 0 atom stereocenters. The molecular formula is C20H15ClO2. The van der Waals surface area contributed by atoms with Crippen LogP contribution in [0.2, 0.25) is 5.02 Å². The SMILES string of the molecule is O=C(c1ccccc1)c1ccc(COc2ccc(Cl)cc2)cc1. The molecule has 3 aromatic carbocycles. The Morgan fingerprint density at radius 3 is 2.04 bits per heavy atom. The fraction of sp³-hybridized carbons (Fsp3) is 0.0500. The molecule has 114 valence electrons. The molecule has 0 heterocycles. The highest BCUT2D eigenvalue weighted by molar-refractivity contribution is 6.30. The van der Waals surface area contributed by atoms with E-state index in [9.17, 15) is 4.79 Å². The van der Waals surface area contributed by atoms with Gasteiger partial charge in [-0.1, -0.05) is 66.2 Å². The first-order chi connectivity index (χ1) is 11.2. The van der Waals surface area contributed by atoms with Gasteiger partial charge in [-0.25, -0.2) is 0 Å². The molecule has 0 bridgehead atoms. The van der Waals surface area contributed by atoms with Crippen LogP contribution in [-0.4, -0.2) is 5.78 Å². The molecule has 0 fully saturated rings. The molecule has 0 saturated carbocycles. The van der Waals surface area contributed by atoms with Crippen LogP contribution in [0.1, 0.15) is 21.5 Å². The first-order valence-electron chi connectivity index (χ1n) is 7.29. The van der Waals surface area contributed by atoms with Gasteiger partial charge in [0.2, 0.25) is 0 Å². The molecule has 3 heteroatoms. The first kappa shape index (κ1) is 15.3. The molecule has 0 N–H and O–H groups in total. The third-order valence-corrected chi connectivity index (χ3v) is 3.72. The minimum absolute atomic E-state index is 0.0239. The smallest absolute Gasteiger partial charge is 0.193 e. The molecule has 2 nitrogen and oxygen atoms in total. The molecule has 23 heavy (non-hydrogen) atoms. The molecule has 0 aliphatic rings. The topological polar surface area (TPSA) is 26.3 Å². The molecule has 0 radical (unpaired) electrons. The molecule has 3 aromatic rings. The first-order valence-corrected chi connectivity index (χ1v) is 7.67. The number of ketones is 1. The lowest BCUT2D eigenvalue weighted by atomic mass is 10.0. The summed E-state index contributed by atoms with van der Waals surface area (Å²) in [4.78, 5) is 12.3. The van der Waals surface area contributed by atoms with Gasteiger partial charge in [0.1, 0.15) is 12.4 Å². The monoisotopic (exact) mass is 322 g/mol. The normalized spacial score (nSPS) is 10.3. The minimum atomic E-state index is 0.0239. The quantitative estimate of drug-likeness (QED) is 0.607. The summed E-state index contributed by atoms with van der Waals surface area (Å²) < 4.78 is 5.69. The van der Waals surface area contributed by atoms with Crippen LogP contribution in [0.25, 0.3) is 0 Å². The average Bonchev–Trinajstić information content (AvgIpc) is 2.62. The van der Waals surface area contributed by atoms with E-state index >= 15 is 0 Å². The highest BCUT2D eigenvalue weighted by Gasteiger charge is 2.08. The lowest BCUT2D eigenvalue weighted by Gasteiger charge is -2.07. The van der Waals surface area contributed by atoms with Crippen LogP contribution < -0.4 is 4.74 Å². The van der Waals surface area contributed by atoms with Gasteiger partial charge < -0.3 is 4.74 Å². The molecule has 0 spiro atoms. The molecule has 0 saturated heterocycles. The van der Waals surface area contributed by atoms with Crippen LogP contribution in [-0.2, 0) is 6.61 Å². The van der Waals surface area contributed by atoms with Gasteiger partial charge in [0, 0.05) is 16.1 Å². The van der Waals surface area contributed by atoms with E-state index in [2.05, 4.69) is 0 Å². The zero-order valence-corrected chi connectivity index (χ0v) is 13.2. The summed E-state index contributed by atoms with van der Waals surface area (Å²) in [5.41, 5.74) is 2.37. The Kier molecular flexibility index (Phi) is 4.74. The summed E-state index contributed by atoms with van der Waals surface area (Å²) in [6.07, 6.45) is 0. The van der Waals surface area contributed by atoms with Crippen molar-refractivity contribution in [3.8, 4) is 5.75 Å². The Hall–Kier alpha value is -2.58. The molecular weight excluding hydrogens is 308 g/mol. The second-order valence-corrected chi connectivity index (χ2v) is 5.57. The zero-order valence-electron chi connectivity index (χ0n) is 12.4. The lowest BCUT2D eigenvalue weighted by molar-refractivity contribution is 0.103. The van der Waals surface area contributed by atoms with E-state index in [-0.39, 0.29) is 5.78 Å². The Bertz CT molecular complexity index is 778. The Morgan fingerprint density at radius 2 is 1.39 bits per heavy atom. The standard InChI is InChI=1S/C20H15ClO2/c21-18-10-12-19(13-11-18)23-14-15-6-8-17(9-7-15)20(22)16-4-2-1-3-5-16/h1-13H,14H2. The van der Waals surface area contributed by atoms with E-state index in [4.69, 9.17) is 16.3 Å². The Labute approximate surface area is 140 Å². The van der Waals surface area contributed by atoms with Gasteiger partial charge in [-0.2, -0.15) is 0 Å². The zero-order chi connectivity index (χ0) is 16.1. The van der Waals surface area contributed by atoms with E-state index in [1.165, 1.54) is 0 Å². The number of rotatable bonds is 5. The van der Waals surface area contributed by atoms with Crippen molar-refractivity contribution in [2.75, 3.05) is 0 Å². The molecule has 0 unspecified atom stereocenters. The van der Waals surface area contributed by atoms with E-state index in [1.807, 2.05) is 66.7 Å². The van der Waals surface area contributed by atoms with Crippen LogP contribution in [0.3, 0.4) is 0 Å². The summed E-state index contributed by atoms with van der Waals surface area (Å²) in [6, 6.07) is 24.0. The summed E-state index contributed by atoms with van der Waals surface area (Å²) >= 11 is 5.84. The van der Waals surface area contributed by atoms with Gasteiger partial charge in [-0.15, -0.1) is 0 Å². The third-order valence-electron chi connectivity index (χ3n) is 3.47. The van der Waals surface area contributed by atoms with E-state index in [1.54, 1.807) is 12.1 Å².